The lowest BCUT2D eigenvalue weighted by Gasteiger charge is -2.01. The summed E-state index contributed by atoms with van der Waals surface area (Å²) in [5.41, 5.74) is 0. The molecule has 2 N–H and O–H groups in total. The molecular formula is C20H36O4. The fourth-order valence-corrected chi connectivity index (χ4v) is 2.73. The van der Waals surface area contributed by atoms with Crippen molar-refractivity contribution in [2.24, 2.45) is 0 Å². The summed E-state index contributed by atoms with van der Waals surface area (Å²) >= 11 is 0. The maximum absolute atomic E-state index is 10.4. The molecule has 0 aromatic heterocycles. The normalized spacial score (nSPS) is 11.2. The summed E-state index contributed by atoms with van der Waals surface area (Å²) < 4.78 is 0. The van der Waals surface area contributed by atoms with Gasteiger partial charge in [-0.05, 0) is 38.5 Å². The Morgan fingerprint density at radius 1 is 0.500 bits per heavy atom. The van der Waals surface area contributed by atoms with Crippen molar-refractivity contribution in [3.8, 4) is 0 Å². The van der Waals surface area contributed by atoms with Crippen molar-refractivity contribution in [1.29, 1.82) is 0 Å². The Morgan fingerprint density at radius 2 is 0.792 bits per heavy atom. The number of hydrogen-bond donors (Lipinski definition) is 2. The second kappa shape index (κ2) is 18.0. The van der Waals surface area contributed by atoms with Gasteiger partial charge in [-0.1, -0.05) is 63.5 Å². The largest absolute Gasteiger partial charge is 0.481 e. The summed E-state index contributed by atoms with van der Waals surface area (Å²) in [5, 5.41) is 17.1. The van der Waals surface area contributed by atoms with Crippen LogP contribution in [-0.4, -0.2) is 22.2 Å². The monoisotopic (exact) mass is 340 g/mol. The maximum atomic E-state index is 10.4. The zero-order chi connectivity index (χ0) is 17.9. The van der Waals surface area contributed by atoms with Crippen molar-refractivity contribution >= 4 is 11.9 Å². The number of hydrogen-bond acceptors (Lipinski definition) is 2. The van der Waals surface area contributed by atoms with Gasteiger partial charge in [0.1, 0.15) is 0 Å². The molecule has 0 aromatic rings. The summed E-state index contributed by atoms with van der Waals surface area (Å²) in [5.74, 6) is -1.37. The van der Waals surface area contributed by atoms with Crippen molar-refractivity contribution in [3.05, 3.63) is 12.2 Å². The summed E-state index contributed by atoms with van der Waals surface area (Å²) in [6.07, 6.45) is 20.9. The molecule has 0 bridgehead atoms. The predicted molar refractivity (Wildman–Crippen MR) is 98.3 cm³/mol. The van der Waals surface area contributed by atoms with Gasteiger partial charge in [0.25, 0.3) is 0 Å². The molecule has 0 fully saturated rings. The van der Waals surface area contributed by atoms with Crippen molar-refractivity contribution < 1.29 is 19.8 Å². The van der Waals surface area contributed by atoms with Crippen LogP contribution in [0.15, 0.2) is 12.2 Å². The van der Waals surface area contributed by atoms with E-state index in [2.05, 4.69) is 12.2 Å². The van der Waals surface area contributed by atoms with Crippen LogP contribution in [0.5, 0.6) is 0 Å². The molecule has 0 aliphatic heterocycles. The molecule has 0 heterocycles. The van der Waals surface area contributed by atoms with E-state index in [1.165, 1.54) is 44.9 Å². The number of aliphatic carboxylic acids is 2. The van der Waals surface area contributed by atoms with E-state index >= 15 is 0 Å². The Bertz CT molecular complexity index is 337. The van der Waals surface area contributed by atoms with E-state index in [1.54, 1.807) is 0 Å². The first-order chi connectivity index (χ1) is 11.6. The van der Waals surface area contributed by atoms with Gasteiger partial charge in [-0.2, -0.15) is 0 Å². The fraction of sp³-hybridized carbons (Fsp3) is 0.800. The first-order valence-corrected chi connectivity index (χ1v) is 9.71. The standard InChI is InChI=1S/C20H36O4/c21-19(22)17-15-13-11-9-7-5-3-1-2-4-6-8-10-12-14-16-18-20(23)24/h5,7H,1-4,6,8-18H2,(H,21,22)(H,23,24)/b7-5-. The molecule has 4 nitrogen and oxygen atoms in total. The van der Waals surface area contributed by atoms with Crippen LogP contribution in [0.1, 0.15) is 103 Å². The molecular weight excluding hydrogens is 304 g/mol. The van der Waals surface area contributed by atoms with Crippen LogP contribution in [0.25, 0.3) is 0 Å². The third-order valence-corrected chi connectivity index (χ3v) is 4.19. The molecule has 24 heavy (non-hydrogen) atoms. The summed E-state index contributed by atoms with van der Waals surface area (Å²) in [4.78, 5) is 20.7. The van der Waals surface area contributed by atoms with Crippen LogP contribution >= 0.6 is 0 Å². The third-order valence-electron chi connectivity index (χ3n) is 4.19. The van der Waals surface area contributed by atoms with E-state index in [4.69, 9.17) is 10.2 Å². The maximum Gasteiger partial charge on any atom is 0.303 e. The zero-order valence-corrected chi connectivity index (χ0v) is 15.2. The average Bonchev–Trinajstić information content (AvgIpc) is 2.53. The fourth-order valence-electron chi connectivity index (χ4n) is 2.73. The van der Waals surface area contributed by atoms with Crippen molar-refractivity contribution in [1.82, 2.24) is 0 Å². The van der Waals surface area contributed by atoms with Crippen LogP contribution in [0, 0.1) is 0 Å². The van der Waals surface area contributed by atoms with Gasteiger partial charge in [0, 0.05) is 12.8 Å². The summed E-state index contributed by atoms with van der Waals surface area (Å²) in [6, 6.07) is 0. The van der Waals surface area contributed by atoms with Crippen LogP contribution in [0.4, 0.5) is 0 Å². The first-order valence-electron chi connectivity index (χ1n) is 9.71. The Morgan fingerprint density at radius 3 is 1.17 bits per heavy atom. The molecule has 0 saturated carbocycles. The van der Waals surface area contributed by atoms with Gasteiger partial charge in [0.15, 0.2) is 0 Å². The van der Waals surface area contributed by atoms with E-state index < -0.39 is 11.9 Å². The van der Waals surface area contributed by atoms with Gasteiger partial charge in [-0.3, -0.25) is 9.59 Å². The Balaban J connectivity index is 3.10. The summed E-state index contributed by atoms with van der Waals surface area (Å²) in [6.45, 7) is 0. The molecule has 0 rings (SSSR count). The number of allylic oxidation sites excluding steroid dienone is 2. The van der Waals surface area contributed by atoms with Gasteiger partial charge in [-0.25, -0.2) is 0 Å². The molecule has 0 saturated heterocycles. The molecule has 0 atom stereocenters. The van der Waals surface area contributed by atoms with Crippen LogP contribution in [0.3, 0.4) is 0 Å². The van der Waals surface area contributed by atoms with Gasteiger partial charge < -0.3 is 10.2 Å². The second-order valence-electron chi connectivity index (χ2n) is 6.58. The lowest BCUT2D eigenvalue weighted by Crippen LogP contribution is -1.93. The minimum absolute atomic E-state index is 0.298. The van der Waals surface area contributed by atoms with E-state index in [0.717, 1.165) is 44.9 Å². The molecule has 140 valence electrons. The van der Waals surface area contributed by atoms with Gasteiger partial charge in [0.05, 0.1) is 0 Å². The number of carboxylic acids is 2. The highest BCUT2D eigenvalue weighted by Crippen LogP contribution is 2.12. The van der Waals surface area contributed by atoms with E-state index in [9.17, 15) is 9.59 Å². The predicted octanol–water partition coefficient (Wildman–Crippen LogP) is 5.95. The van der Waals surface area contributed by atoms with Gasteiger partial charge in [0.2, 0.25) is 0 Å². The number of carbonyl (C=O) groups is 2. The molecule has 0 unspecified atom stereocenters. The van der Waals surface area contributed by atoms with E-state index in [1.807, 2.05) is 0 Å². The smallest absolute Gasteiger partial charge is 0.303 e. The SMILES string of the molecule is O=C(O)CCCCC/C=C\CCCCCCCCCCCC(=O)O. The quantitative estimate of drug-likeness (QED) is 0.239. The minimum Gasteiger partial charge on any atom is -0.481 e. The lowest BCUT2D eigenvalue weighted by atomic mass is 10.1. The van der Waals surface area contributed by atoms with Crippen LogP contribution in [-0.2, 0) is 9.59 Å². The number of carboxylic acid groups (broad SMARTS) is 2. The molecule has 4 heteroatoms. The van der Waals surface area contributed by atoms with E-state index in [0.29, 0.717) is 12.8 Å². The molecule has 0 aliphatic rings. The second-order valence-corrected chi connectivity index (χ2v) is 6.58. The third kappa shape index (κ3) is 20.7. The highest BCUT2D eigenvalue weighted by molar-refractivity contribution is 5.66. The number of rotatable bonds is 18. The minimum atomic E-state index is -0.691. The Labute approximate surface area is 147 Å². The van der Waals surface area contributed by atoms with Gasteiger partial charge in [-0.15, -0.1) is 0 Å². The summed E-state index contributed by atoms with van der Waals surface area (Å²) in [7, 11) is 0. The lowest BCUT2D eigenvalue weighted by molar-refractivity contribution is -0.138. The van der Waals surface area contributed by atoms with E-state index in [-0.39, 0.29) is 0 Å². The molecule has 0 radical (unpaired) electrons. The average molecular weight is 341 g/mol. The highest BCUT2D eigenvalue weighted by Gasteiger charge is 1.97. The topological polar surface area (TPSA) is 74.6 Å². The number of unbranched alkanes of at least 4 members (excludes halogenated alkanes) is 12. The van der Waals surface area contributed by atoms with Crippen LogP contribution < -0.4 is 0 Å². The molecule has 0 spiro atoms. The van der Waals surface area contributed by atoms with Gasteiger partial charge >= 0.3 is 11.9 Å². The molecule has 0 amide bonds. The van der Waals surface area contributed by atoms with Crippen LogP contribution in [0.2, 0.25) is 0 Å². The molecule has 0 aliphatic carbocycles. The Hall–Kier alpha value is -1.32. The zero-order valence-electron chi connectivity index (χ0n) is 15.2. The molecule has 0 aromatic carbocycles. The van der Waals surface area contributed by atoms with Crippen molar-refractivity contribution in [2.45, 2.75) is 103 Å². The van der Waals surface area contributed by atoms with Crippen molar-refractivity contribution in [3.63, 3.8) is 0 Å². The highest BCUT2D eigenvalue weighted by atomic mass is 16.4. The van der Waals surface area contributed by atoms with Crippen molar-refractivity contribution in [2.75, 3.05) is 0 Å². The Kier molecular flexibility index (Phi) is 17.0. The first kappa shape index (κ1) is 22.7.